The average Bonchev–Trinajstić information content (AvgIpc) is 2.63. The zero-order valence-corrected chi connectivity index (χ0v) is 8.57. The molecule has 2 amide bonds. The molecule has 1 saturated heterocycles. The van der Waals surface area contributed by atoms with Crippen LogP contribution in [0.3, 0.4) is 0 Å². The highest BCUT2D eigenvalue weighted by molar-refractivity contribution is 5.86. The maximum atomic E-state index is 11.0. The minimum absolute atomic E-state index is 0.0674. The third-order valence-electron chi connectivity index (χ3n) is 2.36. The standard InChI is InChI=1S/C9H17N3O3/c10-8(13)4-7(9(11)14)12-5-6-2-1-3-15-6/h6-7,12H,1-5H2,(H2,10,13)(H2,11,14). The van der Waals surface area contributed by atoms with Crippen molar-refractivity contribution < 1.29 is 14.3 Å². The van der Waals surface area contributed by atoms with E-state index >= 15 is 0 Å². The second-order valence-corrected chi connectivity index (χ2v) is 3.67. The SMILES string of the molecule is NC(=O)CC(NCC1CCCO1)C(N)=O. The Balaban J connectivity index is 2.30. The summed E-state index contributed by atoms with van der Waals surface area (Å²) >= 11 is 0. The Morgan fingerprint density at radius 1 is 1.47 bits per heavy atom. The molecule has 15 heavy (non-hydrogen) atoms. The van der Waals surface area contributed by atoms with Gasteiger partial charge in [-0.15, -0.1) is 0 Å². The largest absolute Gasteiger partial charge is 0.377 e. The molecule has 0 bridgehead atoms. The Kier molecular flexibility index (Phi) is 4.51. The summed E-state index contributed by atoms with van der Waals surface area (Å²) in [5.41, 5.74) is 10.1. The van der Waals surface area contributed by atoms with Crippen LogP contribution in [0.5, 0.6) is 0 Å². The molecule has 0 radical (unpaired) electrons. The van der Waals surface area contributed by atoms with Gasteiger partial charge in [-0.05, 0) is 12.8 Å². The summed E-state index contributed by atoms with van der Waals surface area (Å²) in [4.78, 5) is 21.6. The molecular weight excluding hydrogens is 198 g/mol. The highest BCUT2D eigenvalue weighted by atomic mass is 16.5. The summed E-state index contributed by atoms with van der Waals surface area (Å²) < 4.78 is 5.36. The van der Waals surface area contributed by atoms with Gasteiger partial charge in [0.2, 0.25) is 11.8 Å². The van der Waals surface area contributed by atoms with E-state index in [4.69, 9.17) is 16.2 Å². The summed E-state index contributed by atoms with van der Waals surface area (Å²) in [5, 5.41) is 2.89. The predicted octanol–water partition coefficient (Wildman–Crippen LogP) is -1.52. The lowest BCUT2D eigenvalue weighted by atomic mass is 10.1. The van der Waals surface area contributed by atoms with Gasteiger partial charge in [-0.25, -0.2) is 0 Å². The van der Waals surface area contributed by atoms with Crippen LogP contribution in [0.15, 0.2) is 0 Å². The van der Waals surface area contributed by atoms with E-state index in [0.29, 0.717) is 6.54 Å². The van der Waals surface area contributed by atoms with E-state index in [1.807, 2.05) is 0 Å². The fraction of sp³-hybridized carbons (Fsp3) is 0.778. The first-order chi connectivity index (χ1) is 7.09. The van der Waals surface area contributed by atoms with Crippen molar-refractivity contribution in [1.82, 2.24) is 5.32 Å². The van der Waals surface area contributed by atoms with Crippen LogP contribution in [0.2, 0.25) is 0 Å². The minimum atomic E-state index is -0.688. The molecule has 1 rings (SSSR count). The van der Waals surface area contributed by atoms with Gasteiger partial charge >= 0.3 is 0 Å². The highest BCUT2D eigenvalue weighted by Gasteiger charge is 2.21. The number of amides is 2. The van der Waals surface area contributed by atoms with Crippen LogP contribution in [0.4, 0.5) is 0 Å². The molecule has 0 aromatic carbocycles. The molecule has 0 aromatic rings. The fourth-order valence-corrected chi connectivity index (χ4v) is 1.55. The van der Waals surface area contributed by atoms with Crippen molar-refractivity contribution >= 4 is 11.8 Å². The number of carbonyl (C=O) groups excluding carboxylic acids is 2. The summed E-state index contributed by atoms with van der Waals surface area (Å²) in [6.45, 7) is 1.28. The van der Waals surface area contributed by atoms with Crippen molar-refractivity contribution in [1.29, 1.82) is 0 Å². The van der Waals surface area contributed by atoms with Crippen LogP contribution < -0.4 is 16.8 Å². The molecular formula is C9H17N3O3. The maximum absolute atomic E-state index is 11.0. The average molecular weight is 215 g/mol. The number of hydrogen-bond donors (Lipinski definition) is 3. The predicted molar refractivity (Wildman–Crippen MR) is 53.8 cm³/mol. The number of primary amides is 2. The third kappa shape index (κ3) is 4.26. The van der Waals surface area contributed by atoms with Gasteiger partial charge in [-0.1, -0.05) is 0 Å². The van der Waals surface area contributed by atoms with Gasteiger partial charge in [0.1, 0.15) is 0 Å². The molecule has 1 fully saturated rings. The Morgan fingerprint density at radius 3 is 2.67 bits per heavy atom. The summed E-state index contributed by atoms with van der Waals surface area (Å²) in [6.07, 6.45) is 2.04. The molecule has 2 unspecified atom stereocenters. The summed E-state index contributed by atoms with van der Waals surface area (Å²) in [7, 11) is 0. The first-order valence-electron chi connectivity index (χ1n) is 5.02. The molecule has 5 N–H and O–H groups in total. The van der Waals surface area contributed by atoms with Crippen molar-refractivity contribution in [3.63, 3.8) is 0 Å². The third-order valence-corrected chi connectivity index (χ3v) is 2.36. The van der Waals surface area contributed by atoms with E-state index in [2.05, 4.69) is 5.32 Å². The van der Waals surface area contributed by atoms with E-state index in [9.17, 15) is 9.59 Å². The zero-order valence-electron chi connectivity index (χ0n) is 8.57. The van der Waals surface area contributed by atoms with Gasteiger partial charge in [0.25, 0.3) is 0 Å². The van der Waals surface area contributed by atoms with Gasteiger partial charge < -0.3 is 21.5 Å². The van der Waals surface area contributed by atoms with Crippen molar-refractivity contribution in [2.24, 2.45) is 11.5 Å². The van der Waals surface area contributed by atoms with E-state index in [-0.39, 0.29) is 12.5 Å². The van der Waals surface area contributed by atoms with Gasteiger partial charge in [-0.2, -0.15) is 0 Å². The van der Waals surface area contributed by atoms with Crippen molar-refractivity contribution in [3.05, 3.63) is 0 Å². The molecule has 0 aromatic heterocycles. The quantitative estimate of drug-likeness (QED) is 0.500. The van der Waals surface area contributed by atoms with Crippen LogP contribution in [0.1, 0.15) is 19.3 Å². The lowest BCUT2D eigenvalue weighted by Gasteiger charge is -2.16. The number of carbonyl (C=O) groups is 2. The van der Waals surface area contributed by atoms with Gasteiger partial charge in [0.15, 0.2) is 0 Å². The number of nitrogens with one attached hydrogen (secondary N) is 1. The maximum Gasteiger partial charge on any atom is 0.235 e. The van der Waals surface area contributed by atoms with E-state index in [0.717, 1.165) is 19.4 Å². The van der Waals surface area contributed by atoms with E-state index in [1.54, 1.807) is 0 Å². The molecule has 1 aliphatic rings. The van der Waals surface area contributed by atoms with E-state index < -0.39 is 17.9 Å². The molecule has 0 spiro atoms. The van der Waals surface area contributed by atoms with E-state index in [1.165, 1.54) is 0 Å². The topological polar surface area (TPSA) is 107 Å². The first kappa shape index (κ1) is 11.9. The smallest absolute Gasteiger partial charge is 0.235 e. The van der Waals surface area contributed by atoms with Crippen LogP contribution in [-0.4, -0.2) is 37.1 Å². The summed E-state index contributed by atoms with van der Waals surface area (Å²) in [6, 6.07) is -0.688. The number of hydrogen-bond acceptors (Lipinski definition) is 4. The van der Waals surface area contributed by atoms with Crippen molar-refractivity contribution in [2.75, 3.05) is 13.2 Å². The van der Waals surface area contributed by atoms with Crippen molar-refractivity contribution in [3.8, 4) is 0 Å². The number of rotatable bonds is 6. The first-order valence-corrected chi connectivity index (χ1v) is 5.02. The van der Waals surface area contributed by atoms with Gasteiger partial charge in [-0.3, -0.25) is 9.59 Å². The van der Waals surface area contributed by atoms with Crippen LogP contribution in [0.25, 0.3) is 0 Å². The summed E-state index contributed by atoms with van der Waals surface area (Å²) in [5.74, 6) is -1.11. The Bertz CT molecular complexity index is 239. The minimum Gasteiger partial charge on any atom is -0.377 e. The van der Waals surface area contributed by atoms with Gasteiger partial charge in [0, 0.05) is 13.2 Å². The lowest BCUT2D eigenvalue weighted by molar-refractivity contribution is -0.125. The monoisotopic (exact) mass is 215 g/mol. The van der Waals surface area contributed by atoms with Crippen molar-refractivity contribution in [2.45, 2.75) is 31.4 Å². The molecule has 2 atom stereocenters. The van der Waals surface area contributed by atoms with Crippen LogP contribution >= 0.6 is 0 Å². The fourth-order valence-electron chi connectivity index (χ4n) is 1.55. The second-order valence-electron chi connectivity index (χ2n) is 3.67. The number of nitrogens with two attached hydrogens (primary N) is 2. The molecule has 0 saturated carbocycles. The Morgan fingerprint density at radius 2 is 2.20 bits per heavy atom. The zero-order chi connectivity index (χ0) is 11.3. The molecule has 0 aliphatic carbocycles. The molecule has 1 aliphatic heterocycles. The lowest BCUT2D eigenvalue weighted by Crippen LogP contribution is -2.46. The Labute approximate surface area is 88.3 Å². The Hall–Kier alpha value is -1.14. The molecule has 1 heterocycles. The highest BCUT2D eigenvalue weighted by Crippen LogP contribution is 2.10. The number of ether oxygens (including phenoxy) is 1. The normalized spacial score (nSPS) is 22.5. The molecule has 6 heteroatoms. The van der Waals surface area contributed by atoms with Crippen LogP contribution in [0, 0.1) is 0 Å². The van der Waals surface area contributed by atoms with Crippen LogP contribution in [-0.2, 0) is 14.3 Å². The molecule has 6 nitrogen and oxygen atoms in total. The van der Waals surface area contributed by atoms with Gasteiger partial charge in [0.05, 0.1) is 18.6 Å². The molecule has 86 valence electrons. The second kappa shape index (κ2) is 5.67.